The number of hydrogen-bond acceptors (Lipinski definition) is 4. The second-order valence-electron chi connectivity index (χ2n) is 6.83. The van der Waals surface area contributed by atoms with Gasteiger partial charge in [0.25, 0.3) is 5.91 Å². The number of carboxylic acids is 1. The van der Waals surface area contributed by atoms with Crippen LogP contribution in [0.15, 0.2) is 30.5 Å². The average molecular weight is 392 g/mol. The number of hydrogen-bond donors (Lipinski definition) is 1. The van der Waals surface area contributed by atoms with E-state index in [1.54, 1.807) is 27.9 Å². The summed E-state index contributed by atoms with van der Waals surface area (Å²) in [6.07, 6.45) is 0.965. The molecule has 144 valence electrons. The third-order valence-electron chi connectivity index (χ3n) is 4.48. The van der Waals surface area contributed by atoms with Gasteiger partial charge in [-0.3, -0.25) is 9.59 Å². The number of ether oxygens (including phenoxy) is 1. The monoisotopic (exact) mass is 391 g/mol. The lowest BCUT2D eigenvalue weighted by Crippen LogP contribution is -2.46. The van der Waals surface area contributed by atoms with Crippen molar-refractivity contribution < 1.29 is 19.4 Å². The standard InChI is InChI=1S/C19H22ClN3O4/c1-12(2)18-16(10-21-23(18)14-5-3-13(20)4-6-14)19(26)22-7-8-27-15(11-22)9-17(24)25/h3-6,10,12,15H,7-9,11H2,1-2H3,(H,24,25). The van der Waals surface area contributed by atoms with E-state index in [1.165, 1.54) is 0 Å². The third kappa shape index (κ3) is 4.31. The number of amides is 1. The molecule has 1 aliphatic heterocycles. The molecule has 1 aromatic carbocycles. The number of benzene rings is 1. The predicted molar refractivity (Wildman–Crippen MR) is 101 cm³/mol. The molecule has 1 amide bonds. The van der Waals surface area contributed by atoms with Gasteiger partial charge in [-0.2, -0.15) is 5.10 Å². The van der Waals surface area contributed by atoms with E-state index >= 15 is 0 Å². The van der Waals surface area contributed by atoms with Crippen LogP contribution in [-0.2, 0) is 9.53 Å². The van der Waals surface area contributed by atoms with Crippen LogP contribution in [0.4, 0.5) is 0 Å². The molecule has 1 fully saturated rings. The van der Waals surface area contributed by atoms with Gasteiger partial charge in [-0.25, -0.2) is 4.68 Å². The Bertz CT molecular complexity index is 832. The largest absolute Gasteiger partial charge is 0.481 e. The summed E-state index contributed by atoms with van der Waals surface area (Å²) in [6.45, 7) is 5.03. The number of halogens is 1. The number of aromatic nitrogens is 2. The fraction of sp³-hybridized carbons (Fsp3) is 0.421. The van der Waals surface area contributed by atoms with E-state index in [1.807, 2.05) is 26.0 Å². The highest BCUT2D eigenvalue weighted by Crippen LogP contribution is 2.25. The van der Waals surface area contributed by atoms with E-state index < -0.39 is 12.1 Å². The van der Waals surface area contributed by atoms with Crippen LogP contribution in [0, 0.1) is 0 Å². The van der Waals surface area contributed by atoms with Crippen LogP contribution in [0.5, 0.6) is 0 Å². The fourth-order valence-corrected chi connectivity index (χ4v) is 3.38. The highest BCUT2D eigenvalue weighted by atomic mass is 35.5. The van der Waals surface area contributed by atoms with Gasteiger partial charge in [0, 0.05) is 18.1 Å². The number of aliphatic carboxylic acids is 1. The van der Waals surface area contributed by atoms with Gasteiger partial charge in [0.2, 0.25) is 0 Å². The first-order valence-corrected chi connectivity index (χ1v) is 9.21. The first-order valence-electron chi connectivity index (χ1n) is 8.83. The maximum Gasteiger partial charge on any atom is 0.306 e. The molecule has 1 aromatic heterocycles. The molecule has 27 heavy (non-hydrogen) atoms. The maximum atomic E-state index is 13.1. The van der Waals surface area contributed by atoms with Gasteiger partial charge >= 0.3 is 5.97 Å². The number of nitrogens with zero attached hydrogens (tertiary/aromatic N) is 3. The van der Waals surface area contributed by atoms with E-state index in [9.17, 15) is 9.59 Å². The Labute approximate surface area is 162 Å². The Morgan fingerprint density at radius 2 is 2.04 bits per heavy atom. The highest BCUT2D eigenvalue weighted by Gasteiger charge is 2.30. The minimum absolute atomic E-state index is 0.0676. The zero-order valence-corrected chi connectivity index (χ0v) is 16.0. The van der Waals surface area contributed by atoms with Crippen molar-refractivity contribution in [3.05, 3.63) is 46.7 Å². The fourth-order valence-electron chi connectivity index (χ4n) is 3.26. The van der Waals surface area contributed by atoms with Gasteiger partial charge in [-0.15, -0.1) is 0 Å². The van der Waals surface area contributed by atoms with Crippen molar-refractivity contribution in [3.8, 4) is 5.69 Å². The molecule has 1 atom stereocenters. The van der Waals surface area contributed by atoms with E-state index in [4.69, 9.17) is 21.4 Å². The van der Waals surface area contributed by atoms with E-state index in [0.717, 1.165) is 11.4 Å². The summed E-state index contributed by atoms with van der Waals surface area (Å²) < 4.78 is 7.21. The summed E-state index contributed by atoms with van der Waals surface area (Å²) in [7, 11) is 0. The Balaban J connectivity index is 1.88. The number of carboxylic acid groups (broad SMARTS) is 1. The Morgan fingerprint density at radius 1 is 1.33 bits per heavy atom. The van der Waals surface area contributed by atoms with Crippen LogP contribution in [0.25, 0.3) is 5.69 Å². The smallest absolute Gasteiger partial charge is 0.306 e. The SMILES string of the molecule is CC(C)c1c(C(=O)N2CCOC(CC(=O)O)C2)cnn1-c1ccc(Cl)cc1. The van der Waals surface area contributed by atoms with Crippen molar-refractivity contribution in [2.75, 3.05) is 19.7 Å². The molecular weight excluding hydrogens is 370 g/mol. The zero-order chi connectivity index (χ0) is 19.6. The Morgan fingerprint density at radius 3 is 2.67 bits per heavy atom. The molecule has 0 aliphatic carbocycles. The van der Waals surface area contributed by atoms with Crippen LogP contribution in [0.2, 0.25) is 5.02 Å². The molecule has 0 bridgehead atoms. The van der Waals surface area contributed by atoms with Crippen LogP contribution in [-0.4, -0.2) is 57.5 Å². The second-order valence-corrected chi connectivity index (χ2v) is 7.26. The van der Waals surface area contributed by atoms with Crippen molar-refractivity contribution in [1.29, 1.82) is 0 Å². The van der Waals surface area contributed by atoms with Crippen LogP contribution >= 0.6 is 11.6 Å². The summed E-state index contributed by atoms with van der Waals surface area (Å²) in [5, 5.41) is 14.0. The van der Waals surface area contributed by atoms with Gasteiger partial charge in [0.15, 0.2) is 0 Å². The van der Waals surface area contributed by atoms with Crippen LogP contribution in [0.3, 0.4) is 0 Å². The van der Waals surface area contributed by atoms with Crippen LogP contribution < -0.4 is 0 Å². The van der Waals surface area contributed by atoms with Gasteiger partial charge in [0.1, 0.15) is 0 Å². The normalized spacial score (nSPS) is 17.3. The summed E-state index contributed by atoms with van der Waals surface area (Å²) in [5.41, 5.74) is 2.16. The van der Waals surface area contributed by atoms with E-state index in [2.05, 4.69) is 5.10 Å². The molecule has 1 aliphatic rings. The highest BCUT2D eigenvalue weighted by molar-refractivity contribution is 6.30. The molecule has 2 heterocycles. The lowest BCUT2D eigenvalue weighted by atomic mass is 10.0. The minimum atomic E-state index is -0.937. The lowest BCUT2D eigenvalue weighted by molar-refractivity contribution is -0.141. The predicted octanol–water partition coefficient (Wildman–Crippen LogP) is 2.96. The maximum absolute atomic E-state index is 13.1. The van der Waals surface area contributed by atoms with Gasteiger partial charge in [0.05, 0.1) is 42.3 Å². The molecule has 2 aromatic rings. The molecular formula is C19H22ClN3O4. The molecule has 7 nitrogen and oxygen atoms in total. The quantitative estimate of drug-likeness (QED) is 0.846. The van der Waals surface area contributed by atoms with Gasteiger partial charge in [-0.1, -0.05) is 25.4 Å². The number of carbonyl (C=O) groups is 2. The Kier molecular flexibility index (Phi) is 5.82. The zero-order valence-electron chi connectivity index (χ0n) is 15.3. The topological polar surface area (TPSA) is 84.7 Å². The molecule has 1 saturated heterocycles. The van der Waals surface area contributed by atoms with Crippen molar-refractivity contribution in [1.82, 2.24) is 14.7 Å². The molecule has 0 radical (unpaired) electrons. The molecule has 3 rings (SSSR count). The summed E-state index contributed by atoms with van der Waals surface area (Å²) in [4.78, 5) is 25.7. The number of carbonyl (C=O) groups excluding carboxylic acids is 1. The van der Waals surface area contributed by atoms with Crippen molar-refractivity contribution in [2.45, 2.75) is 32.3 Å². The van der Waals surface area contributed by atoms with E-state index in [0.29, 0.717) is 23.7 Å². The lowest BCUT2D eigenvalue weighted by Gasteiger charge is -2.32. The summed E-state index contributed by atoms with van der Waals surface area (Å²) in [5.74, 6) is -1.02. The minimum Gasteiger partial charge on any atom is -0.481 e. The van der Waals surface area contributed by atoms with Crippen molar-refractivity contribution >= 4 is 23.5 Å². The number of rotatable bonds is 5. The van der Waals surface area contributed by atoms with Crippen molar-refractivity contribution in [3.63, 3.8) is 0 Å². The third-order valence-corrected chi connectivity index (χ3v) is 4.74. The first-order chi connectivity index (χ1) is 12.9. The number of morpholine rings is 1. The summed E-state index contributed by atoms with van der Waals surface area (Å²) in [6, 6.07) is 7.27. The Hall–Kier alpha value is -2.38. The second kappa shape index (κ2) is 8.10. The molecule has 1 N–H and O–H groups in total. The summed E-state index contributed by atoms with van der Waals surface area (Å²) >= 11 is 5.96. The van der Waals surface area contributed by atoms with Crippen LogP contribution in [0.1, 0.15) is 42.2 Å². The molecule has 0 saturated carbocycles. The van der Waals surface area contributed by atoms with E-state index in [-0.39, 0.29) is 24.8 Å². The van der Waals surface area contributed by atoms with Gasteiger partial charge in [-0.05, 0) is 30.2 Å². The molecule has 1 unspecified atom stereocenters. The van der Waals surface area contributed by atoms with Gasteiger partial charge < -0.3 is 14.7 Å². The molecule has 8 heteroatoms. The van der Waals surface area contributed by atoms with Crippen molar-refractivity contribution in [2.24, 2.45) is 0 Å². The average Bonchev–Trinajstić information content (AvgIpc) is 3.06. The first kappa shape index (κ1) is 19.4. The molecule has 0 spiro atoms.